The molecule has 1 aromatic carbocycles. The van der Waals surface area contributed by atoms with Gasteiger partial charge in [-0.15, -0.1) is 0 Å². The van der Waals surface area contributed by atoms with Crippen molar-refractivity contribution >= 4 is 21.9 Å². The maximum absolute atomic E-state index is 11.6. The second kappa shape index (κ2) is 3.21. The molecule has 2 heterocycles. The Balaban J connectivity index is 2.70. The van der Waals surface area contributed by atoms with Crippen LogP contribution in [0.15, 0.2) is 48.8 Å². The van der Waals surface area contributed by atoms with Gasteiger partial charge < -0.3 is 13.9 Å². The summed E-state index contributed by atoms with van der Waals surface area (Å²) in [5.74, 6) is -0.611. The van der Waals surface area contributed by atoms with Crippen molar-refractivity contribution in [2.45, 2.75) is 0 Å². The first-order valence-corrected chi connectivity index (χ1v) is 4.85. The summed E-state index contributed by atoms with van der Waals surface area (Å²) in [5.41, 5.74) is -1.08. The van der Waals surface area contributed by atoms with Gasteiger partial charge in [-0.05, 0) is 12.1 Å². The molecule has 0 bridgehead atoms. The molecule has 17 heavy (non-hydrogen) atoms. The van der Waals surface area contributed by atoms with E-state index in [1.807, 2.05) is 0 Å². The molecule has 0 aliphatic carbocycles. The molecule has 3 aromatic rings. The van der Waals surface area contributed by atoms with Crippen LogP contribution in [0.4, 0.5) is 0 Å². The molecule has 0 spiro atoms. The van der Waals surface area contributed by atoms with Crippen LogP contribution >= 0.6 is 0 Å². The molecule has 0 saturated heterocycles. The van der Waals surface area contributed by atoms with Crippen molar-refractivity contribution in [1.82, 2.24) is 0 Å². The van der Waals surface area contributed by atoms with Crippen molar-refractivity contribution in [2.24, 2.45) is 0 Å². The van der Waals surface area contributed by atoms with Gasteiger partial charge in [-0.2, -0.15) is 0 Å². The van der Waals surface area contributed by atoms with E-state index in [1.54, 1.807) is 24.3 Å². The lowest BCUT2D eigenvalue weighted by Gasteiger charge is -2.00. The van der Waals surface area contributed by atoms with Gasteiger partial charge >= 0.3 is 11.3 Å². The first kappa shape index (κ1) is 9.65. The quantitative estimate of drug-likeness (QED) is 0.468. The number of hydrogen-bond acceptors (Lipinski definition) is 5. The number of hydrogen-bond donors (Lipinski definition) is 1. The Kier molecular flexibility index (Phi) is 1.82. The summed E-state index contributed by atoms with van der Waals surface area (Å²) in [6, 6.07) is 7.76. The van der Waals surface area contributed by atoms with Crippen molar-refractivity contribution in [3.05, 3.63) is 51.2 Å². The van der Waals surface area contributed by atoms with Gasteiger partial charge in [0.1, 0.15) is 11.0 Å². The maximum Gasteiger partial charge on any atom is 0.378 e. The highest BCUT2D eigenvalue weighted by Crippen LogP contribution is 2.22. The molecule has 3 rings (SSSR count). The smallest absolute Gasteiger partial charge is 0.378 e. The number of fused-ring (bicyclic) bond motifs is 3. The first-order valence-electron chi connectivity index (χ1n) is 4.85. The second-order valence-corrected chi connectivity index (χ2v) is 3.55. The number of para-hydroxylation sites is 1. The summed E-state index contributed by atoms with van der Waals surface area (Å²) >= 11 is 0. The molecule has 84 valence electrons. The van der Waals surface area contributed by atoms with Crippen LogP contribution < -0.4 is 11.3 Å². The van der Waals surface area contributed by atoms with E-state index in [4.69, 9.17) is 8.83 Å². The summed E-state index contributed by atoms with van der Waals surface area (Å²) in [6.45, 7) is 0. The minimum atomic E-state index is -0.881. The van der Waals surface area contributed by atoms with E-state index in [9.17, 15) is 14.7 Å². The molecule has 0 radical (unpaired) electrons. The Labute approximate surface area is 93.5 Å². The molecule has 0 aliphatic rings. The predicted octanol–water partition coefficient (Wildman–Crippen LogP) is 1.60. The highest BCUT2D eigenvalue weighted by molar-refractivity contribution is 6.00. The van der Waals surface area contributed by atoms with Crippen LogP contribution in [0.1, 0.15) is 0 Å². The van der Waals surface area contributed by atoms with Crippen molar-refractivity contribution in [2.75, 3.05) is 0 Å². The normalized spacial score (nSPS) is 11.1. The van der Waals surface area contributed by atoms with Crippen LogP contribution in [-0.4, -0.2) is 5.11 Å². The Hall–Kier alpha value is -2.56. The summed E-state index contributed by atoms with van der Waals surface area (Å²) in [6.07, 6.45) is 0. The number of aromatic hydroxyl groups is 1. The molecule has 5 heteroatoms. The fourth-order valence-electron chi connectivity index (χ4n) is 1.71. The highest BCUT2D eigenvalue weighted by Gasteiger charge is 2.12. The van der Waals surface area contributed by atoms with E-state index in [2.05, 4.69) is 0 Å². The number of benzene rings is 1. The van der Waals surface area contributed by atoms with E-state index in [1.165, 1.54) is 0 Å². The molecule has 0 atom stereocenters. The van der Waals surface area contributed by atoms with Crippen molar-refractivity contribution in [3.8, 4) is 5.75 Å². The monoisotopic (exact) mass is 230 g/mol. The third-order valence-electron chi connectivity index (χ3n) is 2.48. The third-order valence-corrected chi connectivity index (χ3v) is 2.48. The molecule has 0 saturated carbocycles. The lowest BCUT2D eigenvalue weighted by atomic mass is 10.2. The van der Waals surface area contributed by atoms with Gasteiger partial charge in [0.05, 0.1) is 5.39 Å². The topological polar surface area (TPSA) is 80.6 Å². The van der Waals surface area contributed by atoms with Gasteiger partial charge in [-0.3, -0.25) is 0 Å². The van der Waals surface area contributed by atoms with E-state index >= 15 is 0 Å². The van der Waals surface area contributed by atoms with Crippen LogP contribution in [0.25, 0.3) is 21.9 Å². The molecule has 1 N–H and O–H groups in total. The van der Waals surface area contributed by atoms with Gasteiger partial charge in [0.25, 0.3) is 0 Å². The molecule has 5 nitrogen and oxygen atoms in total. The predicted molar refractivity (Wildman–Crippen MR) is 60.2 cm³/mol. The van der Waals surface area contributed by atoms with Gasteiger partial charge in [0, 0.05) is 6.07 Å². The average Bonchev–Trinajstić information content (AvgIpc) is 2.32. The van der Waals surface area contributed by atoms with Crippen LogP contribution in [0.3, 0.4) is 0 Å². The third kappa shape index (κ3) is 1.32. The van der Waals surface area contributed by atoms with Gasteiger partial charge in [-0.1, -0.05) is 12.1 Å². The van der Waals surface area contributed by atoms with Gasteiger partial charge in [0.15, 0.2) is 5.58 Å². The molecule has 0 aliphatic heterocycles. The Morgan fingerprint density at radius 3 is 2.53 bits per heavy atom. The SMILES string of the molecule is O=c1oc2c(cc1O)c(=O)oc1ccccc12. The lowest BCUT2D eigenvalue weighted by Crippen LogP contribution is -2.04. The molecule has 0 unspecified atom stereocenters. The van der Waals surface area contributed by atoms with Crippen molar-refractivity contribution in [1.29, 1.82) is 0 Å². The zero-order valence-corrected chi connectivity index (χ0v) is 8.47. The molecule has 2 aromatic heterocycles. The molecule has 0 amide bonds. The molecule has 0 fully saturated rings. The summed E-state index contributed by atoms with van der Waals surface area (Å²) in [7, 11) is 0. The Morgan fingerprint density at radius 1 is 0.941 bits per heavy atom. The minimum absolute atomic E-state index is 0.0424. The van der Waals surface area contributed by atoms with E-state index < -0.39 is 17.0 Å². The summed E-state index contributed by atoms with van der Waals surface area (Å²) in [4.78, 5) is 22.9. The molecular formula is C12H6O5. The second-order valence-electron chi connectivity index (χ2n) is 3.55. The van der Waals surface area contributed by atoms with Crippen molar-refractivity contribution < 1.29 is 13.9 Å². The fourth-order valence-corrected chi connectivity index (χ4v) is 1.71. The zero-order valence-electron chi connectivity index (χ0n) is 8.47. The van der Waals surface area contributed by atoms with Crippen LogP contribution in [-0.2, 0) is 0 Å². The van der Waals surface area contributed by atoms with Gasteiger partial charge in [-0.25, -0.2) is 9.59 Å². The summed E-state index contributed by atoms with van der Waals surface area (Å²) in [5, 5.41) is 9.78. The van der Waals surface area contributed by atoms with E-state index in [0.717, 1.165) is 6.07 Å². The number of rotatable bonds is 0. The van der Waals surface area contributed by atoms with Crippen LogP contribution in [0.5, 0.6) is 5.75 Å². The van der Waals surface area contributed by atoms with E-state index in [-0.39, 0.29) is 11.0 Å². The standard InChI is InChI=1S/C12H6O5/c13-8-5-7-10(17-12(8)15)6-3-1-2-4-9(6)16-11(7)14/h1-5,13H. The Morgan fingerprint density at radius 2 is 1.71 bits per heavy atom. The average molecular weight is 230 g/mol. The lowest BCUT2D eigenvalue weighted by molar-refractivity contribution is 0.427. The summed E-state index contributed by atoms with van der Waals surface area (Å²) < 4.78 is 9.96. The largest absolute Gasteiger partial charge is 0.502 e. The van der Waals surface area contributed by atoms with Gasteiger partial charge in [0.2, 0.25) is 5.75 Å². The fraction of sp³-hybridized carbons (Fsp3) is 0. The van der Waals surface area contributed by atoms with Crippen LogP contribution in [0, 0.1) is 0 Å². The Bertz CT molecular complexity index is 841. The van der Waals surface area contributed by atoms with Crippen LogP contribution in [0.2, 0.25) is 0 Å². The highest BCUT2D eigenvalue weighted by atomic mass is 16.4. The van der Waals surface area contributed by atoms with E-state index in [0.29, 0.717) is 11.0 Å². The zero-order chi connectivity index (χ0) is 12.0. The maximum atomic E-state index is 11.6. The minimum Gasteiger partial charge on any atom is -0.502 e. The molecular weight excluding hydrogens is 224 g/mol. The van der Waals surface area contributed by atoms with Crippen molar-refractivity contribution in [3.63, 3.8) is 0 Å². The first-order chi connectivity index (χ1) is 8.16.